The van der Waals surface area contributed by atoms with Gasteiger partial charge in [0.25, 0.3) is 12.2 Å². The predicted octanol–water partition coefficient (Wildman–Crippen LogP) is 20.6. The number of hydrogen-bond acceptors (Lipinski definition) is 2. The zero-order chi connectivity index (χ0) is 49.7. The molecule has 4 saturated carbocycles. The van der Waals surface area contributed by atoms with Gasteiger partial charge < -0.3 is 9.84 Å². The van der Waals surface area contributed by atoms with E-state index >= 15 is 0 Å². The van der Waals surface area contributed by atoms with Crippen molar-refractivity contribution in [1.82, 2.24) is 0 Å². The summed E-state index contributed by atoms with van der Waals surface area (Å²) < 4.78 is 143. The average molecular weight is 1100 g/mol. The van der Waals surface area contributed by atoms with Gasteiger partial charge in [0.05, 0.1) is 0 Å². The zero-order valence-corrected chi connectivity index (χ0v) is 41.4. The van der Waals surface area contributed by atoms with Crippen LogP contribution in [0.5, 0.6) is 11.5 Å². The fraction of sp³-hybridized carbons (Fsp3) is 0.698. The second-order valence-corrected chi connectivity index (χ2v) is 19.2. The molecule has 392 valence electrons. The summed E-state index contributed by atoms with van der Waals surface area (Å²) in [5.74, 6) is 0.918. The standard InChI is InChI=1S/C24H35F3O.C23H34F2O.2C2HF3.CH2FI.CH4/c1-2-3-4-5-17-6-8-18(9-7-17)19-10-12-20(13-11-19)21-14-22(26)24(28-16-25)23(27)15-21;1-2-3-4-5-16-6-8-17(9-7-16)18-10-12-19(13-11-18)20-14-21(24)23(26)22(25)15-20;2*3-1-2(4)5;2-1-3;/h14-15,17-20H,2-13,16H2,1H3;14-19,26H,2-13H2,1H3;2*1H;1H2;1H4. The molecule has 0 heterocycles. The van der Waals surface area contributed by atoms with Crippen LogP contribution in [0.2, 0.25) is 0 Å². The number of hydrogen-bond donors (Lipinski definition) is 1. The van der Waals surface area contributed by atoms with Crippen LogP contribution in [0.15, 0.2) is 49.1 Å². The summed E-state index contributed by atoms with van der Waals surface area (Å²) in [5.41, 5.74) is 1.41. The number of phenols is 1. The van der Waals surface area contributed by atoms with E-state index in [4.69, 9.17) is 0 Å². The topological polar surface area (TPSA) is 29.5 Å². The highest BCUT2D eigenvalue weighted by Gasteiger charge is 2.33. The van der Waals surface area contributed by atoms with Gasteiger partial charge in [-0.2, -0.15) is 17.6 Å². The number of unbranched alkanes of at least 4 members (excludes halogenated alkanes) is 4. The highest BCUT2D eigenvalue weighted by Crippen LogP contribution is 2.47. The van der Waals surface area contributed by atoms with Gasteiger partial charge in [0.1, 0.15) is 4.68 Å². The Labute approximate surface area is 412 Å². The third-order valence-corrected chi connectivity index (χ3v) is 14.5. The normalized spacial score (nSPS) is 24.3. The largest absolute Gasteiger partial charge is 0.503 e. The molecule has 0 radical (unpaired) electrons. The Kier molecular flexibility index (Phi) is 33.9. The van der Waals surface area contributed by atoms with Gasteiger partial charge in [0, 0.05) is 0 Å². The first-order chi connectivity index (χ1) is 32.2. The van der Waals surface area contributed by atoms with E-state index in [0.717, 1.165) is 79.6 Å². The molecule has 68 heavy (non-hydrogen) atoms. The molecule has 0 aliphatic heterocycles. The van der Waals surface area contributed by atoms with E-state index in [1.165, 1.54) is 140 Å². The van der Waals surface area contributed by atoms with Crippen LogP contribution in [0, 0.1) is 58.8 Å². The van der Waals surface area contributed by atoms with Crippen molar-refractivity contribution in [2.24, 2.45) is 35.5 Å². The molecule has 2 aromatic rings. The van der Waals surface area contributed by atoms with Gasteiger partial charge >= 0.3 is 0 Å². The highest BCUT2D eigenvalue weighted by atomic mass is 127. The molecular weight excluding hydrogens is 1020 g/mol. The molecule has 0 bridgehead atoms. The number of rotatable bonds is 14. The molecule has 4 aliphatic carbocycles. The van der Waals surface area contributed by atoms with Gasteiger partial charge in [-0.15, -0.1) is 0 Å². The molecule has 0 amide bonds. The minimum absolute atomic E-state index is 0. The molecule has 2 nitrogen and oxygen atoms in total. The Morgan fingerprint density at radius 3 is 1.09 bits per heavy atom. The van der Waals surface area contributed by atoms with Crippen molar-refractivity contribution < 1.29 is 62.5 Å². The fourth-order valence-corrected chi connectivity index (χ4v) is 10.9. The monoisotopic (exact) mass is 1100 g/mol. The van der Waals surface area contributed by atoms with Gasteiger partial charge in [0.2, 0.25) is 6.86 Å². The summed E-state index contributed by atoms with van der Waals surface area (Å²) in [6.45, 7) is 3.32. The molecule has 0 spiro atoms. The molecule has 0 unspecified atom stereocenters. The SMILES string of the molecule is C.CCCCCC1CCC(C2CCC(c3cc(F)c(O)c(F)c3)CC2)CC1.CCCCCC1CCC(C2CCC(c3cc(F)c(OCF)c(F)c3)CC2)CC1.FC=C(F)F.FC=C(F)F.FCI. The van der Waals surface area contributed by atoms with E-state index in [1.54, 1.807) is 22.6 Å². The van der Waals surface area contributed by atoms with Crippen molar-refractivity contribution >= 4 is 22.6 Å². The third kappa shape index (κ3) is 23.5. The summed E-state index contributed by atoms with van der Waals surface area (Å²) >= 11 is 1.62. The van der Waals surface area contributed by atoms with Gasteiger partial charge in [-0.05, 0) is 182 Å². The van der Waals surface area contributed by atoms with E-state index in [9.17, 15) is 57.8 Å². The van der Waals surface area contributed by atoms with E-state index in [2.05, 4.69) is 18.6 Å². The molecule has 15 heteroatoms. The molecule has 4 fully saturated rings. The Bertz CT molecular complexity index is 1610. The molecule has 1 N–H and O–H groups in total. The molecule has 0 atom stereocenters. The van der Waals surface area contributed by atoms with E-state index in [1.807, 2.05) is 0 Å². The minimum Gasteiger partial charge on any atom is -0.503 e. The number of phenolic OH excluding ortho intramolecular Hbond substituents is 1. The Hall–Kier alpha value is -2.59. The smallest absolute Gasteiger partial charge is 0.298 e. The maximum atomic E-state index is 14.0. The van der Waals surface area contributed by atoms with Crippen molar-refractivity contribution in [2.75, 3.05) is 11.5 Å². The fourth-order valence-electron chi connectivity index (χ4n) is 10.9. The summed E-state index contributed by atoms with van der Waals surface area (Å²) in [6, 6.07) is 5.32. The molecule has 0 saturated heterocycles. The maximum Gasteiger partial charge on any atom is 0.298 e. The van der Waals surface area contributed by atoms with Gasteiger partial charge in [-0.1, -0.05) is 98.3 Å². The van der Waals surface area contributed by atoms with Crippen molar-refractivity contribution in [1.29, 1.82) is 0 Å². The summed E-state index contributed by atoms with van der Waals surface area (Å²) in [5, 5.41) is 9.28. The third-order valence-electron chi connectivity index (χ3n) is 14.5. The summed E-state index contributed by atoms with van der Waals surface area (Å²) in [4.78, 5) is 0. The minimum atomic E-state index is -2.29. The number of benzene rings is 2. The maximum absolute atomic E-state index is 14.0. The van der Waals surface area contributed by atoms with Crippen molar-refractivity contribution in [3.8, 4) is 11.5 Å². The van der Waals surface area contributed by atoms with E-state index in [-0.39, 0.29) is 23.9 Å². The van der Waals surface area contributed by atoms with Gasteiger partial charge in [-0.3, -0.25) is 0 Å². The van der Waals surface area contributed by atoms with Crippen LogP contribution in [0.1, 0.15) is 198 Å². The van der Waals surface area contributed by atoms with Crippen LogP contribution in [0.3, 0.4) is 0 Å². The second kappa shape index (κ2) is 36.3. The average Bonchev–Trinajstić information content (AvgIpc) is 3.33. The van der Waals surface area contributed by atoms with Crippen LogP contribution < -0.4 is 4.74 Å². The Morgan fingerprint density at radius 2 is 0.824 bits per heavy atom. The lowest BCUT2D eigenvalue weighted by molar-refractivity contribution is 0.155. The second-order valence-electron chi connectivity index (χ2n) is 18.6. The lowest BCUT2D eigenvalue weighted by atomic mass is 9.68. The first-order valence-corrected chi connectivity index (χ1v) is 25.9. The number of alkyl halides is 3. The quantitative estimate of drug-likeness (QED) is 0.0884. The zero-order valence-electron chi connectivity index (χ0n) is 39.2. The van der Waals surface area contributed by atoms with Crippen LogP contribution in [0.25, 0.3) is 0 Å². The molecule has 2 aromatic carbocycles. The van der Waals surface area contributed by atoms with Crippen LogP contribution >= 0.6 is 22.6 Å². The molecule has 0 aromatic heterocycles. The number of halogens is 13. The lowest BCUT2D eigenvalue weighted by Gasteiger charge is -2.38. The first-order valence-electron chi connectivity index (χ1n) is 24.4. The van der Waals surface area contributed by atoms with Crippen molar-refractivity contribution in [2.45, 2.75) is 187 Å². The highest BCUT2D eigenvalue weighted by molar-refractivity contribution is 14.1. The van der Waals surface area contributed by atoms with Crippen molar-refractivity contribution in [3.63, 3.8) is 0 Å². The first kappa shape index (κ1) is 63.4. The van der Waals surface area contributed by atoms with Crippen molar-refractivity contribution in [3.05, 3.63) is 83.5 Å². The van der Waals surface area contributed by atoms with Crippen LogP contribution in [0.4, 0.5) is 52.7 Å². The lowest BCUT2D eigenvalue weighted by Crippen LogP contribution is -2.25. The Morgan fingerprint density at radius 1 is 0.544 bits per heavy atom. The van der Waals surface area contributed by atoms with E-state index < -0.39 is 66.4 Å². The van der Waals surface area contributed by atoms with Crippen LogP contribution in [-0.2, 0) is 0 Å². The van der Waals surface area contributed by atoms with Gasteiger partial charge in [0.15, 0.2) is 47.4 Å². The molecular formula is C53H77F12IO2. The van der Waals surface area contributed by atoms with Crippen LogP contribution in [-0.4, -0.2) is 16.6 Å². The number of ether oxygens (including phenoxy) is 1. The molecule has 4 aliphatic rings. The molecule has 6 rings (SSSR count). The summed E-state index contributed by atoms with van der Waals surface area (Å²) in [7, 11) is 0. The summed E-state index contributed by atoms with van der Waals surface area (Å²) in [6.07, 6.45) is 24.7. The number of aromatic hydroxyl groups is 1. The van der Waals surface area contributed by atoms with E-state index in [0.29, 0.717) is 5.56 Å². The predicted molar refractivity (Wildman–Crippen MR) is 259 cm³/mol. The van der Waals surface area contributed by atoms with Gasteiger partial charge in [-0.25, -0.2) is 35.1 Å². The Balaban J connectivity index is 0.000000535.